The Hall–Kier alpha value is -2.16. The molecule has 1 saturated heterocycles. The molecule has 0 spiro atoms. The minimum absolute atomic E-state index is 0. The Morgan fingerprint density at radius 2 is 1.90 bits per heavy atom. The van der Waals surface area contributed by atoms with Gasteiger partial charge in [0, 0.05) is 32.7 Å². The van der Waals surface area contributed by atoms with E-state index < -0.39 is 0 Å². The predicted octanol–water partition coefficient (Wildman–Crippen LogP) is 3.62. The monoisotopic (exact) mass is 524 g/mol. The third-order valence-corrected chi connectivity index (χ3v) is 5.30. The van der Waals surface area contributed by atoms with E-state index in [9.17, 15) is 0 Å². The molecular formula is C23H33IN4O2. The predicted molar refractivity (Wildman–Crippen MR) is 135 cm³/mol. The number of rotatable bonds is 7. The maximum absolute atomic E-state index is 5.51. The van der Waals surface area contributed by atoms with Gasteiger partial charge in [-0.2, -0.15) is 0 Å². The topological polar surface area (TPSA) is 58.1 Å². The third kappa shape index (κ3) is 6.17. The van der Waals surface area contributed by atoms with Crippen LogP contribution in [0.4, 0.5) is 5.69 Å². The summed E-state index contributed by atoms with van der Waals surface area (Å²) in [5.41, 5.74) is 3.60. The Morgan fingerprint density at radius 1 is 1.13 bits per heavy atom. The van der Waals surface area contributed by atoms with Crippen LogP contribution < -0.4 is 25.0 Å². The summed E-state index contributed by atoms with van der Waals surface area (Å²) < 4.78 is 11.0. The van der Waals surface area contributed by atoms with E-state index in [0.717, 1.165) is 55.6 Å². The second-order valence-corrected chi connectivity index (χ2v) is 7.31. The van der Waals surface area contributed by atoms with Gasteiger partial charge >= 0.3 is 0 Å². The van der Waals surface area contributed by atoms with Crippen LogP contribution in [0, 0.1) is 6.92 Å². The fraction of sp³-hybridized carbons (Fsp3) is 0.435. The first-order valence-electron chi connectivity index (χ1n) is 10.1. The van der Waals surface area contributed by atoms with Crippen molar-refractivity contribution >= 4 is 35.6 Å². The van der Waals surface area contributed by atoms with E-state index in [4.69, 9.17) is 9.47 Å². The first kappa shape index (κ1) is 24.1. The summed E-state index contributed by atoms with van der Waals surface area (Å²) in [6.07, 6.45) is 1.94. The lowest BCUT2D eigenvalue weighted by Gasteiger charge is -2.22. The van der Waals surface area contributed by atoms with Crippen LogP contribution in [0.25, 0.3) is 0 Å². The fourth-order valence-corrected chi connectivity index (χ4v) is 3.79. The summed E-state index contributed by atoms with van der Waals surface area (Å²) in [5.74, 6) is 2.69. The number of benzene rings is 2. The average molecular weight is 524 g/mol. The number of nitrogens with zero attached hydrogens (tertiary/aromatic N) is 2. The van der Waals surface area contributed by atoms with Gasteiger partial charge in [-0.05, 0) is 43.5 Å². The fourth-order valence-electron chi connectivity index (χ4n) is 3.79. The molecule has 0 bridgehead atoms. The van der Waals surface area contributed by atoms with Crippen molar-refractivity contribution in [3.63, 3.8) is 0 Å². The van der Waals surface area contributed by atoms with E-state index in [2.05, 4.69) is 51.7 Å². The number of hydrogen-bond acceptors (Lipinski definition) is 4. The molecule has 1 unspecified atom stereocenters. The van der Waals surface area contributed by atoms with Crippen LogP contribution in [-0.4, -0.2) is 52.9 Å². The Bertz CT molecular complexity index is 844. The molecule has 0 saturated carbocycles. The molecule has 6 nitrogen and oxygen atoms in total. The van der Waals surface area contributed by atoms with Gasteiger partial charge in [0.1, 0.15) is 11.5 Å². The van der Waals surface area contributed by atoms with Gasteiger partial charge < -0.3 is 25.0 Å². The largest absolute Gasteiger partial charge is 0.496 e. The summed E-state index contributed by atoms with van der Waals surface area (Å²) in [5, 5.41) is 6.99. The van der Waals surface area contributed by atoms with Crippen molar-refractivity contribution in [2.75, 3.05) is 45.8 Å². The van der Waals surface area contributed by atoms with Crippen LogP contribution in [0.5, 0.6) is 11.5 Å². The maximum Gasteiger partial charge on any atom is 0.191 e. The highest BCUT2D eigenvalue weighted by molar-refractivity contribution is 14.0. The third-order valence-electron chi connectivity index (χ3n) is 5.30. The minimum atomic E-state index is 0. The van der Waals surface area contributed by atoms with Crippen molar-refractivity contribution in [2.24, 2.45) is 4.99 Å². The van der Waals surface area contributed by atoms with E-state index in [-0.39, 0.29) is 24.0 Å². The Labute approximate surface area is 197 Å². The van der Waals surface area contributed by atoms with Crippen molar-refractivity contribution in [3.05, 3.63) is 53.6 Å². The number of para-hydroxylation sites is 2. The molecular weight excluding hydrogens is 491 g/mol. The number of aryl methyl sites for hydroxylation is 1. The lowest BCUT2D eigenvalue weighted by atomic mass is 10.1. The number of halogens is 1. The molecule has 1 heterocycles. The lowest BCUT2D eigenvalue weighted by Crippen LogP contribution is -2.45. The van der Waals surface area contributed by atoms with E-state index in [1.807, 2.05) is 25.2 Å². The number of guanidine groups is 1. The van der Waals surface area contributed by atoms with Gasteiger partial charge in [0.05, 0.1) is 19.9 Å². The van der Waals surface area contributed by atoms with Gasteiger partial charge in [0.2, 0.25) is 0 Å². The molecule has 3 rings (SSSR count). The van der Waals surface area contributed by atoms with Crippen LogP contribution in [0.2, 0.25) is 0 Å². The van der Waals surface area contributed by atoms with Crippen LogP contribution in [0.1, 0.15) is 17.5 Å². The van der Waals surface area contributed by atoms with Gasteiger partial charge in [0.25, 0.3) is 0 Å². The van der Waals surface area contributed by atoms with Crippen molar-refractivity contribution in [2.45, 2.75) is 25.8 Å². The average Bonchev–Trinajstić information content (AvgIpc) is 3.21. The summed E-state index contributed by atoms with van der Waals surface area (Å²) >= 11 is 0. The van der Waals surface area contributed by atoms with Crippen LogP contribution >= 0.6 is 24.0 Å². The number of methoxy groups -OCH3 is 2. The van der Waals surface area contributed by atoms with Gasteiger partial charge in [-0.3, -0.25) is 4.99 Å². The van der Waals surface area contributed by atoms with E-state index in [1.165, 1.54) is 11.1 Å². The molecule has 1 aliphatic rings. The molecule has 0 aromatic heterocycles. The lowest BCUT2D eigenvalue weighted by molar-refractivity contribution is 0.409. The highest BCUT2D eigenvalue weighted by atomic mass is 127. The van der Waals surface area contributed by atoms with Gasteiger partial charge in [-0.1, -0.05) is 29.8 Å². The van der Waals surface area contributed by atoms with Gasteiger partial charge in [-0.25, -0.2) is 0 Å². The molecule has 0 aliphatic carbocycles. The number of nitrogens with one attached hydrogen (secondary N) is 2. The van der Waals surface area contributed by atoms with Crippen molar-refractivity contribution in [3.8, 4) is 11.5 Å². The van der Waals surface area contributed by atoms with Crippen LogP contribution in [0.15, 0.2) is 47.5 Å². The van der Waals surface area contributed by atoms with Crippen LogP contribution in [0.3, 0.4) is 0 Å². The Balaban J connectivity index is 0.00000320. The molecule has 2 aromatic rings. The van der Waals surface area contributed by atoms with Crippen molar-refractivity contribution < 1.29 is 9.47 Å². The molecule has 1 fully saturated rings. The quantitative estimate of drug-likeness (QED) is 0.329. The SMILES string of the molecule is CN=C(NCCc1cc(C)ccc1OC)NC1CCN(c2ccccc2OC)C1.I. The molecule has 1 atom stereocenters. The second kappa shape index (κ2) is 11.9. The maximum atomic E-state index is 5.51. The van der Waals surface area contributed by atoms with Gasteiger partial charge in [-0.15, -0.1) is 24.0 Å². The zero-order valence-electron chi connectivity index (χ0n) is 18.3. The molecule has 0 amide bonds. The van der Waals surface area contributed by atoms with Crippen LogP contribution in [-0.2, 0) is 6.42 Å². The smallest absolute Gasteiger partial charge is 0.191 e. The molecule has 7 heteroatoms. The molecule has 2 N–H and O–H groups in total. The summed E-state index contributed by atoms with van der Waals surface area (Å²) in [4.78, 5) is 6.76. The molecule has 0 radical (unpaired) electrons. The highest BCUT2D eigenvalue weighted by Gasteiger charge is 2.25. The molecule has 30 heavy (non-hydrogen) atoms. The standard InChI is InChI=1S/C23H32N4O2.HI/c1-17-9-10-21(28-3)18(15-17)11-13-25-23(24-2)26-19-12-14-27(16-19)20-7-5-6-8-22(20)29-4;/h5-10,15,19H,11-14,16H2,1-4H3,(H2,24,25,26);1H. The summed E-state index contributed by atoms with van der Waals surface area (Å²) in [6.45, 7) is 4.81. The number of ether oxygens (including phenoxy) is 2. The summed E-state index contributed by atoms with van der Waals surface area (Å²) in [7, 11) is 5.25. The second-order valence-electron chi connectivity index (χ2n) is 7.31. The zero-order valence-corrected chi connectivity index (χ0v) is 20.6. The molecule has 164 valence electrons. The highest BCUT2D eigenvalue weighted by Crippen LogP contribution is 2.30. The van der Waals surface area contributed by atoms with E-state index in [0.29, 0.717) is 6.04 Å². The first-order chi connectivity index (χ1) is 14.1. The van der Waals surface area contributed by atoms with Crippen molar-refractivity contribution in [1.82, 2.24) is 10.6 Å². The minimum Gasteiger partial charge on any atom is -0.496 e. The normalized spacial score (nSPS) is 16.1. The number of hydrogen-bond donors (Lipinski definition) is 2. The first-order valence-corrected chi connectivity index (χ1v) is 10.1. The zero-order chi connectivity index (χ0) is 20.6. The molecule has 1 aliphatic heterocycles. The Morgan fingerprint density at radius 3 is 2.63 bits per heavy atom. The van der Waals surface area contributed by atoms with Crippen molar-refractivity contribution in [1.29, 1.82) is 0 Å². The van der Waals surface area contributed by atoms with E-state index >= 15 is 0 Å². The summed E-state index contributed by atoms with van der Waals surface area (Å²) in [6, 6.07) is 14.8. The van der Waals surface area contributed by atoms with Gasteiger partial charge in [0.15, 0.2) is 5.96 Å². The number of anilines is 1. The van der Waals surface area contributed by atoms with E-state index in [1.54, 1.807) is 14.2 Å². The number of aliphatic imine (C=N–C) groups is 1. The Kier molecular flexibility index (Phi) is 9.55. The molecule has 2 aromatic carbocycles.